The maximum Gasteiger partial charge on any atom is 0.0713 e. The van der Waals surface area contributed by atoms with Crippen LogP contribution in [0.1, 0.15) is 47.2 Å². The number of nitrogens with zero attached hydrogens (tertiary/aromatic N) is 1. The molecule has 1 nitrogen and oxygen atoms in total. The molecule has 0 fully saturated rings. The van der Waals surface area contributed by atoms with E-state index in [9.17, 15) is 0 Å². The summed E-state index contributed by atoms with van der Waals surface area (Å²) in [4.78, 5) is 2.43. The zero-order chi connectivity index (χ0) is 34.2. The number of hydrogen-bond donors (Lipinski definition) is 0. The van der Waals surface area contributed by atoms with E-state index in [4.69, 9.17) is 0 Å². The van der Waals surface area contributed by atoms with Crippen molar-refractivity contribution in [3.63, 3.8) is 0 Å². The van der Waals surface area contributed by atoms with Gasteiger partial charge in [0.1, 0.15) is 0 Å². The van der Waals surface area contributed by atoms with Crippen LogP contribution in [0, 0.1) is 0 Å². The van der Waals surface area contributed by atoms with Crippen molar-refractivity contribution in [1.29, 1.82) is 0 Å². The summed E-state index contributed by atoms with van der Waals surface area (Å²) < 4.78 is 0. The molecule has 0 radical (unpaired) electrons. The molecular weight excluding hydrogens is 615 g/mol. The highest BCUT2D eigenvalue weighted by Crippen LogP contribution is 2.57. The molecule has 10 rings (SSSR count). The Labute approximate surface area is 300 Å². The van der Waals surface area contributed by atoms with Crippen LogP contribution in [-0.2, 0) is 10.8 Å². The molecule has 0 N–H and O–H groups in total. The van der Waals surface area contributed by atoms with Crippen LogP contribution in [0.15, 0.2) is 188 Å². The van der Waals surface area contributed by atoms with Gasteiger partial charge >= 0.3 is 0 Å². The summed E-state index contributed by atoms with van der Waals surface area (Å²) in [5.74, 6) is 0. The van der Waals surface area contributed by atoms with Crippen LogP contribution >= 0.6 is 0 Å². The highest BCUT2D eigenvalue weighted by atomic mass is 15.1. The number of hydrogen-bond acceptors (Lipinski definition) is 1. The van der Waals surface area contributed by atoms with Crippen molar-refractivity contribution >= 4 is 27.8 Å². The van der Waals surface area contributed by atoms with Crippen molar-refractivity contribution in [1.82, 2.24) is 0 Å². The molecule has 0 heterocycles. The quantitative estimate of drug-likeness (QED) is 0.179. The normalized spacial score (nSPS) is 14.4. The van der Waals surface area contributed by atoms with Gasteiger partial charge in [0.15, 0.2) is 0 Å². The molecule has 51 heavy (non-hydrogen) atoms. The molecular formula is C50H37N. The largest absolute Gasteiger partial charge is 0.310 e. The Bertz CT molecular complexity index is 2560. The number of benzene rings is 8. The lowest BCUT2D eigenvalue weighted by atomic mass is 9.68. The zero-order valence-corrected chi connectivity index (χ0v) is 28.8. The molecule has 0 bridgehead atoms. The Morgan fingerprint density at radius 2 is 0.804 bits per heavy atom. The summed E-state index contributed by atoms with van der Waals surface area (Å²) in [6.07, 6.45) is 0. The number of rotatable bonds is 5. The maximum absolute atomic E-state index is 2.43. The lowest BCUT2D eigenvalue weighted by molar-refractivity contribution is 0.661. The summed E-state index contributed by atoms with van der Waals surface area (Å²) in [6.45, 7) is 4.73. The molecule has 8 aromatic rings. The van der Waals surface area contributed by atoms with Crippen LogP contribution < -0.4 is 4.90 Å². The highest BCUT2D eigenvalue weighted by Gasteiger charge is 2.46. The van der Waals surface area contributed by atoms with Crippen molar-refractivity contribution in [2.24, 2.45) is 0 Å². The van der Waals surface area contributed by atoms with E-state index in [1.807, 2.05) is 0 Å². The Kier molecular flexibility index (Phi) is 6.51. The van der Waals surface area contributed by atoms with E-state index in [-0.39, 0.29) is 5.41 Å². The standard InChI is InChI=1S/C50H37N/c1-49(2)45-28-26-39(33-44(45)42-30-34-16-12-13-17-35(34)31-48(42)49)51(38-22-10-5-11-23-38)40-27-29-47-43(32-40)41-24-14-15-25-46(41)50(47,36-18-6-3-7-19-36)37-20-8-4-9-21-37/h3-33H,1-2H3. The summed E-state index contributed by atoms with van der Waals surface area (Å²) in [5.41, 5.74) is 16.1. The van der Waals surface area contributed by atoms with E-state index in [2.05, 4.69) is 207 Å². The van der Waals surface area contributed by atoms with Crippen LogP contribution in [0.5, 0.6) is 0 Å². The van der Waals surface area contributed by atoms with Crippen molar-refractivity contribution in [2.45, 2.75) is 24.7 Å². The molecule has 0 aromatic heterocycles. The first-order chi connectivity index (χ1) is 25.0. The van der Waals surface area contributed by atoms with Crippen LogP contribution in [0.3, 0.4) is 0 Å². The van der Waals surface area contributed by atoms with Gasteiger partial charge in [0.25, 0.3) is 0 Å². The number of fused-ring (bicyclic) bond motifs is 7. The summed E-state index contributed by atoms with van der Waals surface area (Å²) in [5, 5.41) is 2.58. The first-order valence-corrected chi connectivity index (χ1v) is 17.9. The van der Waals surface area contributed by atoms with Gasteiger partial charge in [0.05, 0.1) is 5.41 Å². The predicted octanol–water partition coefficient (Wildman–Crippen LogP) is 13.0. The first-order valence-electron chi connectivity index (χ1n) is 17.9. The molecule has 0 spiro atoms. The molecule has 8 aromatic carbocycles. The van der Waals surface area contributed by atoms with Gasteiger partial charge in [-0.1, -0.05) is 153 Å². The van der Waals surface area contributed by atoms with Gasteiger partial charge in [-0.15, -0.1) is 0 Å². The van der Waals surface area contributed by atoms with Crippen molar-refractivity contribution in [3.8, 4) is 22.3 Å². The van der Waals surface area contributed by atoms with Gasteiger partial charge in [0.2, 0.25) is 0 Å². The third kappa shape index (κ3) is 4.28. The van der Waals surface area contributed by atoms with Gasteiger partial charge in [-0.2, -0.15) is 0 Å². The second kappa shape index (κ2) is 11.2. The Hall–Kier alpha value is -6.18. The fraction of sp³-hybridized carbons (Fsp3) is 0.0800. The SMILES string of the molecule is CC1(C)c2ccc(N(c3ccccc3)c3ccc4c(c3)-c3ccccc3C4(c3ccccc3)c3ccccc3)cc2-c2cc3ccccc3cc21. The van der Waals surface area contributed by atoms with Gasteiger partial charge in [0, 0.05) is 22.5 Å². The van der Waals surface area contributed by atoms with Gasteiger partial charge in [-0.05, 0) is 115 Å². The Morgan fingerprint density at radius 1 is 0.333 bits per heavy atom. The number of anilines is 3. The van der Waals surface area contributed by atoms with Crippen molar-refractivity contribution in [2.75, 3.05) is 4.90 Å². The molecule has 242 valence electrons. The molecule has 0 saturated heterocycles. The van der Waals surface area contributed by atoms with E-state index < -0.39 is 5.41 Å². The fourth-order valence-electron chi connectivity index (χ4n) is 9.16. The summed E-state index contributed by atoms with van der Waals surface area (Å²) in [7, 11) is 0. The smallest absolute Gasteiger partial charge is 0.0713 e. The van der Waals surface area contributed by atoms with Crippen molar-refractivity contribution < 1.29 is 0 Å². The number of para-hydroxylation sites is 1. The Morgan fingerprint density at radius 3 is 1.45 bits per heavy atom. The van der Waals surface area contributed by atoms with E-state index in [1.54, 1.807) is 0 Å². The minimum absolute atomic E-state index is 0.0830. The second-order valence-electron chi connectivity index (χ2n) is 14.5. The van der Waals surface area contributed by atoms with Gasteiger partial charge < -0.3 is 4.90 Å². The van der Waals surface area contributed by atoms with E-state index in [1.165, 1.54) is 66.4 Å². The molecule has 0 aliphatic heterocycles. The maximum atomic E-state index is 2.43. The summed E-state index contributed by atoms with van der Waals surface area (Å²) in [6, 6.07) is 69.7. The molecule has 0 amide bonds. The van der Waals surface area contributed by atoms with Crippen LogP contribution in [0.25, 0.3) is 33.0 Å². The fourth-order valence-corrected chi connectivity index (χ4v) is 9.16. The molecule has 0 atom stereocenters. The first kappa shape index (κ1) is 29.7. The van der Waals surface area contributed by atoms with Crippen LogP contribution in [-0.4, -0.2) is 0 Å². The van der Waals surface area contributed by atoms with Crippen molar-refractivity contribution in [3.05, 3.63) is 221 Å². The average molecular weight is 652 g/mol. The lowest BCUT2D eigenvalue weighted by Gasteiger charge is -2.34. The minimum Gasteiger partial charge on any atom is -0.310 e. The van der Waals surface area contributed by atoms with Crippen LogP contribution in [0.2, 0.25) is 0 Å². The Balaban J connectivity index is 1.20. The summed E-state index contributed by atoms with van der Waals surface area (Å²) >= 11 is 0. The van der Waals surface area contributed by atoms with E-state index in [0.717, 1.165) is 17.1 Å². The topological polar surface area (TPSA) is 3.24 Å². The second-order valence-corrected chi connectivity index (χ2v) is 14.5. The van der Waals surface area contributed by atoms with E-state index >= 15 is 0 Å². The molecule has 2 aliphatic carbocycles. The predicted molar refractivity (Wildman–Crippen MR) is 213 cm³/mol. The monoisotopic (exact) mass is 651 g/mol. The third-order valence-corrected chi connectivity index (χ3v) is 11.5. The van der Waals surface area contributed by atoms with Gasteiger partial charge in [-0.25, -0.2) is 0 Å². The third-order valence-electron chi connectivity index (χ3n) is 11.5. The highest BCUT2D eigenvalue weighted by molar-refractivity contribution is 5.96. The van der Waals surface area contributed by atoms with Gasteiger partial charge in [-0.3, -0.25) is 0 Å². The minimum atomic E-state index is -0.420. The molecule has 1 heteroatoms. The zero-order valence-electron chi connectivity index (χ0n) is 28.8. The average Bonchev–Trinajstić information content (AvgIpc) is 3.60. The molecule has 2 aliphatic rings. The molecule has 0 saturated carbocycles. The van der Waals surface area contributed by atoms with E-state index in [0.29, 0.717) is 0 Å². The molecule has 0 unspecified atom stereocenters. The van der Waals surface area contributed by atoms with Crippen LogP contribution in [0.4, 0.5) is 17.1 Å². The lowest BCUT2D eigenvalue weighted by Crippen LogP contribution is -2.28.